The molecule has 0 saturated carbocycles. The molecule has 1 nitrogen and oxygen atoms in total. The van der Waals surface area contributed by atoms with E-state index in [2.05, 4.69) is 30.6 Å². The van der Waals surface area contributed by atoms with Crippen LogP contribution in [0.15, 0.2) is 11.4 Å². The van der Waals surface area contributed by atoms with E-state index in [1.807, 2.05) is 11.3 Å². The van der Waals surface area contributed by atoms with E-state index in [4.69, 9.17) is 0 Å². The van der Waals surface area contributed by atoms with E-state index in [0.29, 0.717) is 5.41 Å². The Labute approximate surface area is 90.5 Å². The molecule has 1 atom stereocenters. The second-order valence-electron chi connectivity index (χ2n) is 4.51. The Morgan fingerprint density at radius 2 is 2.43 bits per heavy atom. The lowest BCUT2D eigenvalue weighted by atomic mass is 9.85. The minimum Gasteiger partial charge on any atom is -0.316 e. The summed E-state index contributed by atoms with van der Waals surface area (Å²) in [5, 5.41) is 5.73. The summed E-state index contributed by atoms with van der Waals surface area (Å²) in [5.74, 6) is 0. The number of thiophene rings is 1. The van der Waals surface area contributed by atoms with E-state index in [-0.39, 0.29) is 0 Å². The molecule has 14 heavy (non-hydrogen) atoms. The maximum absolute atomic E-state index is 3.48. The van der Waals surface area contributed by atoms with Crippen LogP contribution in [0.3, 0.4) is 0 Å². The van der Waals surface area contributed by atoms with E-state index in [0.717, 1.165) is 6.54 Å². The molecule has 0 amide bonds. The van der Waals surface area contributed by atoms with Crippen LogP contribution in [0.2, 0.25) is 0 Å². The molecule has 1 fully saturated rings. The van der Waals surface area contributed by atoms with Gasteiger partial charge in [-0.2, -0.15) is 0 Å². The fourth-order valence-corrected chi connectivity index (χ4v) is 3.49. The minimum absolute atomic E-state index is 0.415. The molecule has 1 aliphatic rings. The lowest BCUT2D eigenvalue weighted by Crippen LogP contribution is -2.24. The molecule has 1 saturated heterocycles. The summed E-state index contributed by atoms with van der Waals surface area (Å²) in [7, 11) is 0. The fraction of sp³-hybridized carbons (Fsp3) is 0.667. The highest BCUT2D eigenvalue weighted by Crippen LogP contribution is 2.36. The third-order valence-corrected chi connectivity index (χ3v) is 4.45. The van der Waals surface area contributed by atoms with E-state index in [1.165, 1.54) is 25.8 Å². The van der Waals surface area contributed by atoms with Crippen molar-refractivity contribution in [1.29, 1.82) is 0 Å². The van der Waals surface area contributed by atoms with E-state index >= 15 is 0 Å². The molecule has 78 valence electrons. The molecule has 1 N–H and O–H groups in total. The van der Waals surface area contributed by atoms with Gasteiger partial charge in [0.15, 0.2) is 0 Å². The van der Waals surface area contributed by atoms with Crippen LogP contribution in [-0.2, 0) is 11.8 Å². The van der Waals surface area contributed by atoms with Crippen LogP contribution in [0.25, 0.3) is 0 Å². The van der Waals surface area contributed by atoms with Gasteiger partial charge in [0.1, 0.15) is 0 Å². The Kier molecular flexibility index (Phi) is 2.93. The first-order valence-electron chi connectivity index (χ1n) is 5.54. The number of nitrogens with one attached hydrogen (secondary N) is 1. The number of rotatable bonds is 3. The van der Waals surface area contributed by atoms with Crippen LogP contribution >= 0.6 is 11.3 Å². The van der Waals surface area contributed by atoms with Crippen LogP contribution in [0.4, 0.5) is 0 Å². The van der Waals surface area contributed by atoms with Crippen LogP contribution in [-0.4, -0.2) is 13.1 Å². The van der Waals surface area contributed by atoms with Crippen molar-refractivity contribution >= 4 is 11.3 Å². The highest BCUT2D eigenvalue weighted by atomic mass is 32.1. The van der Waals surface area contributed by atoms with E-state index < -0.39 is 0 Å². The Morgan fingerprint density at radius 1 is 1.57 bits per heavy atom. The molecule has 0 aromatic carbocycles. The van der Waals surface area contributed by atoms with Gasteiger partial charge in [-0.1, -0.05) is 20.3 Å². The van der Waals surface area contributed by atoms with Crippen molar-refractivity contribution in [2.24, 2.45) is 0 Å². The molecule has 0 aliphatic carbocycles. The van der Waals surface area contributed by atoms with Crippen molar-refractivity contribution in [3.63, 3.8) is 0 Å². The van der Waals surface area contributed by atoms with Gasteiger partial charge < -0.3 is 5.32 Å². The molecule has 0 spiro atoms. The maximum Gasteiger partial charge on any atom is 0.0158 e. The topological polar surface area (TPSA) is 12.0 Å². The van der Waals surface area contributed by atoms with Gasteiger partial charge in [0.25, 0.3) is 0 Å². The Hall–Kier alpha value is -0.340. The summed E-state index contributed by atoms with van der Waals surface area (Å²) in [6.07, 6.45) is 3.80. The first kappa shape index (κ1) is 10.2. The van der Waals surface area contributed by atoms with Gasteiger partial charge in [-0.3, -0.25) is 0 Å². The molecule has 2 heterocycles. The van der Waals surface area contributed by atoms with E-state index in [9.17, 15) is 0 Å². The van der Waals surface area contributed by atoms with Gasteiger partial charge in [0.2, 0.25) is 0 Å². The molecular weight excluding hydrogens is 190 g/mol. The Bertz CT molecular complexity index is 297. The third kappa shape index (κ3) is 1.73. The quantitative estimate of drug-likeness (QED) is 0.807. The number of hydrogen-bond donors (Lipinski definition) is 1. The SMILES string of the molecule is CCCc1ccsc1C1(C)CCNC1. The van der Waals surface area contributed by atoms with Gasteiger partial charge in [-0.05, 0) is 36.4 Å². The smallest absolute Gasteiger partial charge is 0.0158 e. The van der Waals surface area contributed by atoms with Crippen molar-refractivity contribution in [3.8, 4) is 0 Å². The predicted molar refractivity (Wildman–Crippen MR) is 63.2 cm³/mol. The van der Waals surface area contributed by atoms with Gasteiger partial charge in [0.05, 0.1) is 0 Å². The zero-order chi connectivity index (χ0) is 10.0. The Morgan fingerprint density at radius 3 is 3.07 bits per heavy atom. The molecule has 1 unspecified atom stereocenters. The third-order valence-electron chi connectivity index (χ3n) is 3.18. The average molecular weight is 209 g/mol. The van der Waals surface area contributed by atoms with Crippen molar-refractivity contribution in [2.75, 3.05) is 13.1 Å². The highest BCUT2D eigenvalue weighted by Gasteiger charge is 2.33. The molecule has 2 heteroatoms. The summed E-state index contributed by atoms with van der Waals surface area (Å²) in [6.45, 7) is 7.00. The number of aryl methyl sites for hydroxylation is 1. The second-order valence-corrected chi connectivity index (χ2v) is 5.43. The largest absolute Gasteiger partial charge is 0.316 e. The van der Waals surface area contributed by atoms with Crippen LogP contribution in [0.5, 0.6) is 0 Å². The van der Waals surface area contributed by atoms with Gasteiger partial charge in [-0.15, -0.1) is 11.3 Å². The van der Waals surface area contributed by atoms with E-state index in [1.54, 1.807) is 10.4 Å². The molecule has 2 rings (SSSR count). The summed E-state index contributed by atoms with van der Waals surface area (Å²) in [6, 6.07) is 2.31. The Balaban J connectivity index is 2.25. The average Bonchev–Trinajstić information content (AvgIpc) is 2.75. The van der Waals surface area contributed by atoms with Crippen molar-refractivity contribution in [1.82, 2.24) is 5.32 Å². The van der Waals surface area contributed by atoms with Crippen LogP contribution in [0.1, 0.15) is 37.1 Å². The fourth-order valence-electron chi connectivity index (χ4n) is 2.34. The normalized spacial score (nSPS) is 27.0. The van der Waals surface area contributed by atoms with Gasteiger partial charge >= 0.3 is 0 Å². The number of hydrogen-bond acceptors (Lipinski definition) is 2. The summed E-state index contributed by atoms with van der Waals surface area (Å²) >= 11 is 1.95. The molecular formula is C12H19NS. The monoisotopic (exact) mass is 209 g/mol. The van der Waals surface area contributed by atoms with Crippen molar-refractivity contribution < 1.29 is 0 Å². The molecule has 1 aliphatic heterocycles. The lowest BCUT2D eigenvalue weighted by Gasteiger charge is -2.23. The van der Waals surface area contributed by atoms with Crippen LogP contribution in [0, 0.1) is 0 Å². The predicted octanol–water partition coefficient (Wildman–Crippen LogP) is 2.95. The second kappa shape index (κ2) is 4.03. The van der Waals surface area contributed by atoms with Crippen molar-refractivity contribution in [3.05, 3.63) is 21.9 Å². The summed E-state index contributed by atoms with van der Waals surface area (Å²) in [4.78, 5) is 1.63. The summed E-state index contributed by atoms with van der Waals surface area (Å²) < 4.78 is 0. The zero-order valence-corrected chi connectivity index (χ0v) is 9.91. The molecule has 0 bridgehead atoms. The molecule has 1 aromatic rings. The first-order valence-corrected chi connectivity index (χ1v) is 6.42. The maximum atomic E-state index is 3.48. The molecule has 0 radical (unpaired) electrons. The van der Waals surface area contributed by atoms with Crippen molar-refractivity contribution in [2.45, 2.75) is 38.5 Å². The standard InChI is InChI=1S/C12H19NS/c1-3-4-10-5-8-14-11(10)12(2)6-7-13-9-12/h5,8,13H,3-4,6-7,9H2,1-2H3. The van der Waals surface area contributed by atoms with Gasteiger partial charge in [-0.25, -0.2) is 0 Å². The highest BCUT2D eigenvalue weighted by molar-refractivity contribution is 7.10. The first-order chi connectivity index (χ1) is 6.76. The summed E-state index contributed by atoms with van der Waals surface area (Å²) in [5.41, 5.74) is 2.00. The van der Waals surface area contributed by atoms with Crippen LogP contribution < -0.4 is 5.32 Å². The minimum atomic E-state index is 0.415. The molecule has 1 aromatic heterocycles. The zero-order valence-electron chi connectivity index (χ0n) is 9.10. The lowest BCUT2D eigenvalue weighted by molar-refractivity contribution is 0.531. The van der Waals surface area contributed by atoms with Gasteiger partial charge in [0, 0.05) is 16.8 Å².